The van der Waals surface area contributed by atoms with Crippen molar-refractivity contribution in [3.63, 3.8) is 0 Å². The second-order valence-corrected chi connectivity index (χ2v) is 12.2. The highest BCUT2D eigenvalue weighted by Crippen LogP contribution is 2.52. The molecule has 7 heteroatoms. The van der Waals surface area contributed by atoms with Crippen LogP contribution >= 0.6 is 0 Å². The van der Waals surface area contributed by atoms with E-state index in [1.807, 2.05) is 30.3 Å². The highest BCUT2D eigenvalue weighted by atomic mass is 16.5. The van der Waals surface area contributed by atoms with Crippen molar-refractivity contribution in [1.82, 2.24) is 4.90 Å². The molecule has 2 N–H and O–H groups in total. The molecule has 6 nitrogen and oxygen atoms in total. The molecule has 6 rings (SSSR count). The molecule has 1 saturated carbocycles. The van der Waals surface area contributed by atoms with E-state index < -0.39 is 13.0 Å². The fraction of sp³-hybridized carbons (Fsp3) is 0.471. The Kier molecular flexibility index (Phi) is 8.18. The smallest absolute Gasteiger partial charge is 0.455 e. The largest absolute Gasteiger partial charge is 0.508 e. The van der Waals surface area contributed by atoms with Crippen LogP contribution in [0.3, 0.4) is 0 Å². The van der Waals surface area contributed by atoms with Gasteiger partial charge in [0.05, 0.1) is 17.9 Å². The van der Waals surface area contributed by atoms with Crippen LogP contribution in [-0.4, -0.2) is 46.1 Å². The van der Waals surface area contributed by atoms with Crippen molar-refractivity contribution in [3.8, 4) is 5.75 Å². The molecule has 2 aliphatic carbocycles. The Morgan fingerprint density at radius 1 is 1.00 bits per heavy atom. The summed E-state index contributed by atoms with van der Waals surface area (Å²) in [6.07, 6.45) is 10.1. The number of imide groups is 1. The van der Waals surface area contributed by atoms with Crippen LogP contribution in [0.5, 0.6) is 5.75 Å². The van der Waals surface area contributed by atoms with Gasteiger partial charge in [-0.05, 0) is 85.2 Å². The monoisotopic (exact) mass is 553 g/mol. The van der Waals surface area contributed by atoms with Gasteiger partial charge >= 0.3 is 7.12 Å². The van der Waals surface area contributed by atoms with Gasteiger partial charge < -0.3 is 14.8 Å². The normalized spacial score (nSPS) is 27.3. The van der Waals surface area contributed by atoms with Gasteiger partial charge in [0.25, 0.3) is 0 Å². The maximum atomic E-state index is 13.9. The lowest BCUT2D eigenvalue weighted by Crippen LogP contribution is -2.46. The van der Waals surface area contributed by atoms with E-state index in [1.54, 1.807) is 17.0 Å². The van der Waals surface area contributed by atoms with Crippen LogP contribution in [0.1, 0.15) is 75.8 Å². The average molecular weight is 554 g/mol. The predicted molar refractivity (Wildman–Crippen MR) is 160 cm³/mol. The molecule has 2 saturated heterocycles. The fourth-order valence-electron chi connectivity index (χ4n) is 7.84. The number of likely N-dealkylation sites (tertiary alicyclic amines) is 1. The van der Waals surface area contributed by atoms with Gasteiger partial charge in [0.2, 0.25) is 11.8 Å². The number of benzene rings is 2. The van der Waals surface area contributed by atoms with E-state index in [1.165, 1.54) is 12.0 Å². The zero-order valence-electron chi connectivity index (χ0n) is 23.9. The third-order valence-electron chi connectivity index (χ3n) is 9.76. The highest BCUT2D eigenvalue weighted by molar-refractivity contribution is 6.43. The number of allylic oxidation sites excluding steroid dienone is 2. The van der Waals surface area contributed by atoms with E-state index in [0.717, 1.165) is 54.4 Å². The first-order chi connectivity index (χ1) is 19.9. The van der Waals surface area contributed by atoms with Crippen LogP contribution in [0.15, 0.2) is 65.7 Å². The second kappa shape index (κ2) is 12.0. The molecule has 2 heterocycles. The number of carbonyl (C=O) groups is 2. The van der Waals surface area contributed by atoms with Gasteiger partial charge in [-0.25, -0.2) is 0 Å². The maximum absolute atomic E-state index is 13.9. The Labute approximate surface area is 243 Å². The summed E-state index contributed by atoms with van der Waals surface area (Å²) in [4.78, 5) is 29.2. The summed E-state index contributed by atoms with van der Waals surface area (Å²) in [7, 11) is -0.960. The minimum Gasteiger partial charge on any atom is -0.508 e. The van der Waals surface area contributed by atoms with Crippen molar-refractivity contribution in [2.45, 2.75) is 83.2 Å². The summed E-state index contributed by atoms with van der Waals surface area (Å²) in [6, 6.07) is 17.4. The van der Waals surface area contributed by atoms with Gasteiger partial charge in [0.15, 0.2) is 0 Å². The van der Waals surface area contributed by atoms with Crippen molar-refractivity contribution in [2.24, 2.45) is 17.8 Å². The molecule has 2 aromatic rings. The standard InChI is InChI=1S/C34H40BNO5/c1-2-23-20-28-32(34(39)36(33(28)38)26-11-7-4-8-12-26)29-21-35(40)41-30(31(23)29)18-15-25(24-9-5-3-6-10-24)19-22-13-16-27(37)17-14-22/h3,5-6,9-10,13-14,16-17,19,26,28-30,32,37,40H,2,4,7-8,11-12,15,18,20-21H2,1H3/b25-19-/t28-,29+,30-,32-/m1/s1. The van der Waals surface area contributed by atoms with E-state index in [2.05, 4.69) is 25.1 Å². The molecule has 2 amide bonds. The number of aromatic hydroxyl groups is 1. The summed E-state index contributed by atoms with van der Waals surface area (Å²) in [5.41, 5.74) is 5.63. The number of hydrogen-bond acceptors (Lipinski definition) is 5. The molecular formula is C34H40BNO5. The Morgan fingerprint density at radius 2 is 1.73 bits per heavy atom. The first-order valence-corrected chi connectivity index (χ1v) is 15.4. The summed E-state index contributed by atoms with van der Waals surface area (Å²) in [5, 5.41) is 20.7. The van der Waals surface area contributed by atoms with Gasteiger partial charge in [-0.2, -0.15) is 0 Å². The molecule has 0 bridgehead atoms. The van der Waals surface area contributed by atoms with Gasteiger partial charge in [0.1, 0.15) is 5.75 Å². The zero-order valence-corrected chi connectivity index (χ0v) is 23.9. The molecule has 0 unspecified atom stereocenters. The number of nitrogens with zero attached hydrogens (tertiary/aromatic N) is 1. The van der Waals surface area contributed by atoms with Crippen molar-refractivity contribution in [1.29, 1.82) is 0 Å². The van der Waals surface area contributed by atoms with Gasteiger partial charge in [-0.3, -0.25) is 14.5 Å². The van der Waals surface area contributed by atoms with E-state index >= 15 is 0 Å². The van der Waals surface area contributed by atoms with Gasteiger partial charge in [-0.15, -0.1) is 0 Å². The summed E-state index contributed by atoms with van der Waals surface area (Å²) < 4.78 is 6.22. The average Bonchev–Trinajstić information content (AvgIpc) is 3.25. The molecule has 0 aromatic heterocycles. The Morgan fingerprint density at radius 3 is 2.44 bits per heavy atom. The summed E-state index contributed by atoms with van der Waals surface area (Å²) in [5.74, 6) is -0.642. The quantitative estimate of drug-likeness (QED) is 0.183. The topological polar surface area (TPSA) is 87.1 Å². The molecule has 4 aliphatic rings. The number of carbonyl (C=O) groups excluding carboxylic acids is 2. The van der Waals surface area contributed by atoms with Crippen LogP contribution < -0.4 is 0 Å². The Bertz CT molecular complexity index is 1330. The molecular weight excluding hydrogens is 513 g/mol. The van der Waals surface area contributed by atoms with E-state index in [9.17, 15) is 19.7 Å². The molecule has 0 spiro atoms. The fourth-order valence-corrected chi connectivity index (χ4v) is 7.84. The predicted octanol–water partition coefficient (Wildman–Crippen LogP) is 6.25. The van der Waals surface area contributed by atoms with E-state index in [4.69, 9.17) is 4.65 Å². The first kappa shape index (κ1) is 28.0. The third-order valence-corrected chi connectivity index (χ3v) is 9.76. The molecule has 214 valence electrons. The molecule has 0 radical (unpaired) electrons. The van der Waals surface area contributed by atoms with Crippen molar-refractivity contribution >= 4 is 30.6 Å². The maximum Gasteiger partial charge on any atom is 0.455 e. The minimum atomic E-state index is -0.960. The number of amides is 2. The third kappa shape index (κ3) is 5.54. The van der Waals surface area contributed by atoms with E-state index in [0.29, 0.717) is 25.6 Å². The van der Waals surface area contributed by atoms with Crippen LogP contribution in [-0.2, 0) is 14.2 Å². The van der Waals surface area contributed by atoms with Crippen molar-refractivity contribution < 1.29 is 24.4 Å². The number of phenolic OH excluding ortho intramolecular Hbond substituents is 1. The number of hydrogen-bond donors (Lipinski definition) is 2. The van der Waals surface area contributed by atoms with Crippen molar-refractivity contribution in [3.05, 3.63) is 76.9 Å². The lowest BCUT2D eigenvalue weighted by molar-refractivity contribution is -0.143. The zero-order chi connectivity index (χ0) is 28.5. The molecule has 41 heavy (non-hydrogen) atoms. The van der Waals surface area contributed by atoms with Crippen LogP contribution in [0.2, 0.25) is 6.32 Å². The summed E-state index contributed by atoms with van der Waals surface area (Å²) in [6.45, 7) is 2.13. The van der Waals surface area contributed by atoms with Crippen LogP contribution in [0.4, 0.5) is 0 Å². The molecule has 3 fully saturated rings. The number of fused-ring (bicyclic) bond motifs is 3. The SMILES string of the molecule is CCC1=C2[C@@H](CC/C(=C/c3ccc(O)cc3)c3ccccc3)OB(O)C[C@@H]2[C@@H]2C(=O)N(C3CCCCC3)C(=O)[C@@H]2C1. The molecule has 2 aromatic carbocycles. The Balaban J connectivity index is 1.29. The van der Waals surface area contributed by atoms with E-state index in [-0.39, 0.29) is 41.5 Å². The lowest BCUT2D eigenvalue weighted by atomic mass is 9.58. The summed E-state index contributed by atoms with van der Waals surface area (Å²) >= 11 is 0. The highest BCUT2D eigenvalue weighted by Gasteiger charge is 2.58. The number of rotatable bonds is 7. The lowest BCUT2D eigenvalue weighted by Gasteiger charge is -2.43. The first-order valence-electron chi connectivity index (χ1n) is 15.4. The second-order valence-electron chi connectivity index (χ2n) is 12.2. The molecule has 4 atom stereocenters. The van der Waals surface area contributed by atoms with Gasteiger partial charge in [-0.1, -0.05) is 80.3 Å². The number of phenols is 1. The Hall–Kier alpha value is -3.16. The van der Waals surface area contributed by atoms with Gasteiger partial charge in [0, 0.05) is 6.04 Å². The minimum absolute atomic E-state index is 0.0117. The van der Waals surface area contributed by atoms with Crippen LogP contribution in [0.25, 0.3) is 11.6 Å². The van der Waals surface area contributed by atoms with Crippen LogP contribution in [0, 0.1) is 17.8 Å². The van der Waals surface area contributed by atoms with Crippen molar-refractivity contribution in [2.75, 3.05) is 0 Å². The molecule has 2 aliphatic heterocycles.